The van der Waals surface area contributed by atoms with Gasteiger partial charge in [0.05, 0.1) is 5.56 Å². The second kappa shape index (κ2) is 7.94. The molecule has 2 rings (SSSR count). The topological polar surface area (TPSA) is 35.5 Å². The highest BCUT2D eigenvalue weighted by Gasteiger charge is 2.23. The molecule has 0 saturated carbocycles. The van der Waals surface area contributed by atoms with Crippen molar-refractivity contribution in [3.8, 4) is 5.75 Å². The van der Waals surface area contributed by atoms with E-state index in [9.17, 15) is 4.79 Å². The maximum Gasteiger partial charge on any atom is 0.338 e. The summed E-state index contributed by atoms with van der Waals surface area (Å²) < 4.78 is 11.2. The van der Waals surface area contributed by atoms with Gasteiger partial charge in [-0.1, -0.05) is 71.9 Å². The lowest BCUT2D eigenvalue weighted by atomic mass is 9.80. The van der Waals surface area contributed by atoms with Crippen LogP contribution in [0.3, 0.4) is 0 Å². The van der Waals surface area contributed by atoms with Crippen molar-refractivity contribution in [1.29, 1.82) is 0 Å². The minimum absolute atomic E-state index is 0.0304. The van der Waals surface area contributed by atoms with Crippen molar-refractivity contribution < 1.29 is 14.3 Å². The van der Waals surface area contributed by atoms with Crippen molar-refractivity contribution in [3.63, 3.8) is 0 Å². The second-order valence-electron chi connectivity index (χ2n) is 8.56. The molecular weight excluding hydrogens is 324 g/mol. The first-order valence-electron chi connectivity index (χ1n) is 9.09. The van der Waals surface area contributed by atoms with E-state index in [4.69, 9.17) is 9.47 Å². The van der Waals surface area contributed by atoms with Crippen LogP contribution < -0.4 is 4.74 Å². The van der Waals surface area contributed by atoms with E-state index in [0.29, 0.717) is 12.2 Å². The highest BCUT2D eigenvalue weighted by atomic mass is 16.6. The van der Waals surface area contributed by atoms with Crippen molar-refractivity contribution in [2.75, 3.05) is 13.2 Å². The third kappa shape index (κ3) is 5.35. The van der Waals surface area contributed by atoms with Crippen molar-refractivity contribution in [1.82, 2.24) is 0 Å². The molecule has 0 aliphatic carbocycles. The average Bonchev–Trinajstić information content (AvgIpc) is 2.57. The zero-order chi connectivity index (χ0) is 19.4. The summed E-state index contributed by atoms with van der Waals surface area (Å²) in [4.78, 5) is 12.0. The summed E-state index contributed by atoms with van der Waals surface area (Å²) in [5, 5.41) is 0. The fourth-order valence-corrected chi connectivity index (χ4v) is 2.65. The molecule has 2 aromatic carbocycles. The number of benzene rings is 2. The fraction of sp³-hybridized carbons (Fsp3) is 0.435. The molecule has 0 fully saturated rings. The molecule has 0 N–H and O–H groups in total. The summed E-state index contributed by atoms with van der Waals surface area (Å²) >= 11 is 0. The van der Waals surface area contributed by atoms with Crippen LogP contribution in [0.25, 0.3) is 0 Å². The number of hydrogen-bond donors (Lipinski definition) is 0. The highest BCUT2D eigenvalue weighted by Crippen LogP contribution is 2.35. The van der Waals surface area contributed by atoms with Crippen LogP contribution in [0.2, 0.25) is 0 Å². The lowest BCUT2D eigenvalue weighted by Crippen LogP contribution is -2.19. The van der Waals surface area contributed by atoms with Gasteiger partial charge in [0.2, 0.25) is 0 Å². The Morgan fingerprint density at radius 1 is 0.846 bits per heavy atom. The zero-order valence-corrected chi connectivity index (χ0v) is 16.8. The summed E-state index contributed by atoms with van der Waals surface area (Å²) in [6.45, 7) is 13.7. The number of hydrogen-bond acceptors (Lipinski definition) is 3. The molecule has 26 heavy (non-hydrogen) atoms. The van der Waals surface area contributed by atoms with Crippen LogP contribution in [-0.2, 0) is 15.6 Å². The lowest BCUT2D eigenvalue weighted by molar-refractivity contribution is 0.0449. The monoisotopic (exact) mass is 354 g/mol. The Morgan fingerprint density at radius 3 is 2.08 bits per heavy atom. The molecule has 0 bridgehead atoms. The summed E-state index contributed by atoms with van der Waals surface area (Å²) in [7, 11) is 0. The van der Waals surface area contributed by atoms with Gasteiger partial charge in [-0.15, -0.1) is 0 Å². The number of ether oxygens (including phenoxy) is 2. The molecule has 3 nitrogen and oxygen atoms in total. The van der Waals surface area contributed by atoms with Crippen molar-refractivity contribution in [2.45, 2.75) is 52.4 Å². The number of carbonyl (C=O) groups is 1. The van der Waals surface area contributed by atoms with E-state index in [1.165, 1.54) is 11.1 Å². The van der Waals surface area contributed by atoms with Gasteiger partial charge in [0.15, 0.2) is 0 Å². The maximum absolute atomic E-state index is 12.0. The van der Waals surface area contributed by atoms with Crippen LogP contribution in [0.1, 0.15) is 63.0 Å². The predicted molar refractivity (Wildman–Crippen MR) is 106 cm³/mol. The normalized spacial score (nSPS) is 11.9. The Hall–Kier alpha value is -2.29. The van der Waals surface area contributed by atoms with E-state index in [-0.39, 0.29) is 23.4 Å². The van der Waals surface area contributed by atoms with Gasteiger partial charge < -0.3 is 9.47 Å². The van der Waals surface area contributed by atoms with E-state index in [1.54, 1.807) is 12.1 Å². The number of carbonyl (C=O) groups excluding carboxylic acids is 1. The average molecular weight is 354 g/mol. The number of esters is 1. The molecule has 0 aliphatic rings. The Balaban J connectivity index is 2.02. The molecule has 0 aliphatic heterocycles. The van der Waals surface area contributed by atoms with Crippen LogP contribution in [0.4, 0.5) is 0 Å². The van der Waals surface area contributed by atoms with Gasteiger partial charge in [-0.05, 0) is 40.2 Å². The largest absolute Gasteiger partial charge is 0.490 e. The van der Waals surface area contributed by atoms with Crippen molar-refractivity contribution >= 4 is 5.97 Å². The highest BCUT2D eigenvalue weighted by molar-refractivity contribution is 5.89. The maximum atomic E-state index is 12.0. The predicted octanol–water partition coefficient (Wildman–Crippen LogP) is 5.52. The van der Waals surface area contributed by atoms with E-state index in [0.717, 1.165) is 5.75 Å². The molecule has 0 unspecified atom stereocenters. The summed E-state index contributed by atoms with van der Waals surface area (Å²) in [6.07, 6.45) is 0. The van der Waals surface area contributed by atoms with Crippen LogP contribution in [0, 0.1) is 0 Å². The third-order valence-corrected chi connectivity index (χ3v) is 4.24. The number of rotatable bonds is 5. The first-order valence-corrected chi connectivity index (χ1v) is 9.09. The van der Waals surface area contributed by atoms with E-state index >= 15 is 0 Å². The lowest BCUT2D eigenvalue weighted by Gasteiger charge is -2.27. The fourth-order valence-electron chi connectivity index (χ4n) is 2.65. The van der Waals surface area contributed by atoms with E-state index in [1.807, 2.05) is 24.3 Å². The van der Waals surface area contributed by atoms with Crippen LogP contribution in [0.15, 0.2) is 48.5 Å². The Morgan fingerprint density at radius 2 is 1.50 bits per heavy atom. The summed E-state index contributed by atoms with van der Waals surface area (Å²) in [6, 6.07) is 15.4. The second-order valence-corrected chi connectivity index (χ2v) is 8.56. The Bertz CT molecular complexity index is 734. The molecule has 0 spiro atoms. The quantitative estimate of drug-likeness (QED) is 0.524. The standard InChI is InChI=1S/C23H30O3/c1-22(2,3)18-12-13-20(19(16-18)23(4,5)6)25-14-15-26-21(24)17-10-8-7-9-11-17/h7-13,16H,14-15H2,1-6H3. The molecule has 0 saturated heterocycles. The molecular formula is C23H30O3. The minimum atomic E-state index is -0.326. The van der Waals surface area contributed by atoms with Gasteiger partial charge in [-0.2, -0.15) is 0 Å². The zero-order valence-electron chi connectivity index (χ0n) is 16.8. The van der Waals surface area contributed by atoms with E-state index in [2.05, 4.69) is 53.7 Å². The molecule has 0 atom stereocenters. The van der Waals surface area contributed by atoms with Gasteiger partial charge in [-0.3, -0.25) is 0 Å². The van der Waals surface area contributed by atoms with Crippen LogP contribution in [-0.4, -0.2) is 19.2 Å². The minimum Gasteiger partial charge on any atom is -0.490 e. The van der Waals surface area contributed by atoms with E-state index < -0.39 is 0 Å². The van der Waals surface area contributed by atoms with Crippen LogP contribution >= 0.6 is 0 Å². The molecule has 0 amide bonds. The smallest absolute Gasteiger partial charge is 0.338 e. The summed E-state index contributed by atoms with van der Waals surface area (Å²) in [5.74, 6) is 0.523. The molecule has 3 heteroatoms. The first kappa shape index (κ1) is 20.0. The van der Waals surface area contributed by atoms with Crippen molar-refractivity contribution in [2.24, 2.45) is 0 Å². The molecule has 0 radical (unpaired) electrons. The van der Waals surface area contributed by atoms with Gasteiger partial charge in [0.1, 0.15) is 19.0 Å². The van der Waals surface area contributed by atoms with Crippen LogP contribution in [0.5, 0.6) is 5.75 Å². The first-order chi connectivity index (χ1) is 12.1. The Kier molecular flexibility index (Phi) is 6.12. The Labute approximate surface area is 157 Å². The van der Waals surface area contributed by atoms with Gasteiger partial charge in [-0.25, -0.2) is 4.79 Å². The van der Waals surface area contributed by atoms with Gasteiger partial charge in [0, 0.05) is 0 Å². The summed E-state index contributed by atoms with van der Waals surface area (Å²) in [5.41, 5.74) is 3.06. The molecule has 0 aromatic heterocycles. The van der Waals surface area contributed by atoms with Gasteiger partial charge in [0.25, 0.3) is 0 Å². The molecule has 0 heterocycles. The third-order valence-electron chi connectivity index (χ3n) is 4.24. The SMILES string of the molecule is CC(C)(C)c1ccc(OCCOC(=O)c2ccccc2)c(C(C)(C)C)c1. The molecule has 140 valence electrons. The molecule has 2 aromatic rings. The van der Waals surface area contributed by atoms with Crippen molar-refractivity contribution in [3.05, 3.63) is 65.2 Å². The van der Waals surface area contributed by atoms with Gasteiger partial charge >= 0.3 is 5.97 Å².